The first-order chi connectivity index (χ1) is 14.6. The Hall–Kier alpha value is -3.09. The third-order valence-corrected chi connectivity index (χ3v) is 5.21. The van der Waals surface area contributed by atoms with E-state index in [1.54, 1.807) is 43.5 Å². The molecule has 3 rings (SSSR count). The van der Waals surface area contributed by atoms with E-state index in [4.69, 9.17) is 9.73 Å². The van der Waals surface area contributed by atoms with Gasteiger partial charge in [0.2, 0.25) is 0 Å². The zero-order valence-electron chi connectivity index (χ0n) is 17.5. The van der Waals surface area contributed by atoms with E-state index in [-0.39, 0.29) is 17.1 Å². The van der Waals surface area contributed by atoms with Crippen molar-refractivity contribution in [3.8, 4) is 5.75 Å². The minimum absolute atomic E-state index is 0.0645. The van der Waals surface area contributed by atoms with Crippen LogP contribution in [0.4, 0.5) is 4.39 Å². The molecule has 2 aromatic rings. The lowest BCUT2D eigenvalue weighted by Gasteiger charge is -2.16. The van der Waals surface area contributed by atoms with Crippen LogP contribution >= 0.6 is 0 Å². The first kappa shape index (κ1) is 21.6. The average Bonchev–Trinajstić information content (AvgIpc) is 3.56. The number of aliphatic imine (C=N–C) groups is 1. The largest absolute Gasteiger partial charge is 0.497 e. The summed E-state index contributed by atoms with van der Waals surface area (Å²) in [6.07, 6.45) is 2.02. The molecule has 1 aliphatic carbocycles. The molecule has 2 aromatic carbocycles. The van der Waals surface area contributed by atoms with Gasteiger partial charge in [-0.2, -0.15) is 0 Å². The lowest BCUT2D eigenvalue weighted by atomic mass is 9.96. The van der Waals surface area contributed by atoms with Gasteiger partial charge in [0, 0.05) is 30.6 Å². The summed E-state index contributed by atoms with van der Waals surface area (Å²) in [5.74, 6) is 0.977. The summed E-state index contributed by atoms with van der Waals surface area (Å²) in [7, 11) is 1.57. The van der Waals surface area contributed by atoms with E-state index >= 15 is 0 Å². The van der Waals surface area contributed by atoms with Crippen molar-refractivity contribution in [2.45, 2.75) is 25.2 Å². The SMILES string of the molecule is CCNC(=NCC1(c2cccc(F)c2)CC1)NCCNC(=O)c1cccc(OC)c1. The van der Waals surface area contributed by atoms with Crippen LogP contribution in [-0.2, 0) is 5.41 Å². The molecule has 7 heteroatoms. The van der Waals surface area contributed by atoms with Crippen LogP contribution in [0.3, 0.4) is 0 Å². The van der Waals surface area contributed by atoms with E-state index in [0.717, 1.165) is 24.9 Å². The molecule has 160 valence electrons. The van der Waals surface area contributed by atoms with E-state index in [9.17, 15) is 9.18 Å². The van der Waals surface area contributed by atoms with Gasteiger partial charge in [-0.05, 0) is 55.7 Å². The summed E-state index contributed by atoms with van der Waals surface area (Å²) < 4.78 is 18.7. The lowest BCUT2D eigenvalue weighted by Crippen LogP contribution is -2.42. The van der Waals surface area contributed by atoms with Gasteiger partial charge in [-0.15, -0.1) is 0 Å². The second-order valence-corrected chi connectivity index (χ2v) is 7.40. The first-order valence-corrected chi connectivity index (χ1v) is 10.3. The number of carbonyl (C=O) groups excluding carboxylic acids is 1. The van der Waals surface area contributed by atoms with Crippen molar-refractivity contribution < 1.29 is 13.9 Å². The van der Waals surface area contributed by atoms with Crippen molar-refractivity contribution in [2.75, 3.05) is 33.3 Å². The Kier molecular flexibility index (Phi) is 7.27. The highest BCUT2D eigenvalue weighted by Crippen LogP contribution is 2.48. The molecule has 6 nitrogen and oxygen atoms in total. The van der Waals surface area contributed by atoms with Crippen LogP contribution in [-0.4, -0.2) is 45.2 Å². The Labute approximate surface area is 176 Å². The average molecular weight is 413 g/mol. The fourth-order valence-corrected chi connectivity index (χ4v) is 3.30. The quantitative estimate of drug-likeness (QED) is 0.336. The molecule has 1 aliphatic rings. The topological polar surface area (TPSA) is 74.8 Å². The number of rotatable bonds is 9. The van der Waals surface area contributed by atoms with E-state index in [1.165, 1.54) is 6.07 Å². The van der Waals surface area contributed by atoms with Gasteiger partial charge in [0.25, 0.3) is 5.91 Å². The Morgan fingerprint density at radius 3 is 2.57 bits per heavy atom. The number of benzene rings is 2. The molecule has 1 fully saturated rings. The monoisotopic (exact) mass is 412 g/mol. The fourth-order valence-electron chi connectivity index (χ4n) is 3.30. The zero-order chi connectivity index (χ0) is 21.4. The van der Waals surface area contributed by atoms with Gasteiger partial charge >= 0.3 is 0 Å². The van der Waals surface area contributed by atoms with Gasteiger partial charge in [-0.25, -0.2) is 4.39 Å². The van der Waals surface area contributed by atoms with E-state index < -0.39 is 0 Å². The summed E-state index contributed by atoms with van der Waals surface area (Å²) in [6.45, 7) is 4.32. The maximum absolute atomic E-state index is 13.6. The molecule has 1 saturated carbocycles. The van der Waals surface area contributed by atoms with Gasteiger partial charge in [-0.1, -0.05) is 18.2 Å². The molecule has 0 atom stereocenters. The van der Waals surface area contributed by atoms with Crippen molar-refractivity contribution in [3.05, 3.63) is 65.5 Å². The van der Waals surface area contributed by atoms with Crippen LogP contribution in [0.25, 0.3) is 0 Å². The number of halogens is 1. The van der Waals surface area contributed by atoms with Crippen molar-refractivity contribution in [3.63, 3.8) is 0 Å². The summed E-state index contributed by atoms with van der Waals surface area (Å²) in [5, 5.41) is 9.34. The summed E-state index contributed by atoms with van der Waals surface area (Å²) >= 11 is 0. The Bertz CT molecular complexity index is 896. The maximum Gasteiger partial charge on any atom is 0.251 e. The molecule has 1 amide bonds. The summed E-state index contributed by atoms with van der Waals surface area (Å²) in [5.41, 5.74) is 1.50. The standard InChI is InChI=1S/C23H29FN4O2/c1-3-25-22(28-16-23(10-11-23)18-7-5-8-19(24)15-18)27-13-12-26-21(29)17-6-4-9-20(14-17)30-2/h4-9,14-15H,3,10-13,16H2,1-2H3,(H,26,29)(H2,25,27,28). The normalized spacial score (nSPS) is 14.7. The van der Waals surface area contributed by atoms with E-state index in [0.29, 0.717) is 36.9 Å². The van der Waals surface area contributed by atoms with E-state index in [1.807, 2.05) is 13.0 Å². The maximum atomic E-state index is 13.6. The van der Waals surface area contributed by atoms with Crippen LogP contribution in [0.15, 0.2) is 53.5 Å². The van der Waals surface area contributed by atoms with Crippen LogP contribution < -0.4 is 20.7 Å². The number of ether oxygens (including phenoxy) is 1. The molecule has 0 aromatic heterocycles. The van der Waals surface area contributed by atoms with Gasteiger partial charge < -0.3 is 20.7 Å². The van der Waals surface area contributed by atoms with Crippen LogP contribution in [0, 0.1) is 5.82 Å². The van der Waals surface area contributed by atoms with Gasteiger partial charge in [-0.3, -0.25) is 9.79 Å². The molecule has 0 saturated heterocycles. The van der Waals surface area contributed by atoms with Crippen molar-refractivity contribution in [1.82, 2.24) is 16.0 Å². The van der Waals surface area contributed by atoms with Gasteiger partial charge in [0.15, 0.2) is 5.96 Å². The molecule has 0 radical (unpaired) electrons. The number of amides is 1. The smallest absolute Gasteiger partial charge is 0.251 e. The van der Waals surface area contributed by atoms with Gasteiger partial charge in [0.05, 0.1) is 13.7 Å². The third-order valence-electron chi connectivity index (χ3n) is 5.21. The number of nitrogens with zero attached hydrogens (tertiary/aromatic N) is 1. The van der Waals surface area contributed by atoms with Gasteiger partial charge in [0.1, 0.15) is 11.6 Å². The van der Waals surface area contributed by atoms with Crippen molar-refractivity contribution in [2.24, 2.45) is 4.99 Å². The molecule has 30 heavy (non-hydrogen) atoms. The fraction of sp³-hybridized carbons (Fsp3) is 0.391. The summed E-state index contributed by atoms with van der Waals surface area (Å²) in [4.78, 5) is 17.0. The highest BCUT2D eigenvalue weighted by atomic mass is 19.1. The number of methoxy groups -OCH3 is 1. The highest BCUT2D eigenvalue weighted by Gasteiger charge is 2.44. The molecule has 0 unspecified atom stereocenters. The number of carbonyl (C=O) groups is 1. The molecule has 0 bridgehead atoms. The number of hydrogen-bond acceptors (Lipinski definition) is 3. The molecule has 0 aliphatic heterocycles. The van der Waals surface area contributed by atoms with Crippen LogP contribution in [0.5, 0.6) is 5.75 Å². The molecule has 3 N–H and O–H groups in total. The molecule has 0 spiro atoms. The number of hydrogen-bond donors (Lipinski definition) is 3. The van der Waals surface area contributed by atoms with Crippen LogP contribution in [0.1, 0.15) is 35.7 Å². The Morgan fingerprint density at radius 2 is 1.87 bits per heavy atom. The van der Waals surface area contributed by atoms with Crippen molar-refractivity contribution in [1.29, 1.82) is 0 Å². The zero-order valence-corrected chi connectivity index (χ0v) is 17.5. The Morgan fingerprint density at radius 1 is 1.10 bits per heavy atom. The highest BCUT2D eigenvalue weighted by molar-refractivity contribution is 5.94. The number of guanidine groups is 1. The second-order valence-electron chi connectivity index (χ2n) is 7.40. The predicted molar refractivity (Wildman–Crippen MR) is 117 cm³/mol. The minimum atomic E-state index is -0.209. The minimum Gasteiger partial charge on any atom is -0.497 e. The molecule has 0 heterocycles. The second kappa shape index (κ2) is 10.1. The molecular formula is C23H29FN4O2. The number of nitrogens with one attached hydrogen (secondary N) is 3. The van der Waals surface area contributed by atoms with Crippen LogP contribution in [0.2, 0.25) is 0 Å². The predicted octanol–water partition coefficient (Wildman–Crippen LogP) is 2.85. The lowest BCUT2D eigenvalue weighted by molar-refractivity contribution is 0.0954. The molecular weight excluding hydrogens is 383 g/mol. The Balaban J connectivity index is 1.50. The summed E-state index contributed by atoms with van der Waals surface area (Å²) in [6, 6.07) is 13.8. The van der Waals surface area contributed by atoms with Crippen molar-refractivity contribution >= 4 is 11.9 Å². The third kappa shape index (κ3) is 5.72. The van der Waals surface area contributed by atoms with E-state index in [2.05, 4.69) is 16.0 Å². The first-order valence-electron chi connectivity index (χ1n) is 10.3.